The van der Waals surface area contributed by atoms with Crippen LogP contribution in [0.15, 0.2) is 12.1 Å². The van der Waals surface area contributed by atoms with Crippen LogP contribution < -0.4 is 5.32 Å². The predicted molar refractivity (Wildman–Crippen MR) is 74.9 cm³/mol. The zero-order chi connectivity index (χ0) is 12.7. The summed E-state index contributed by atoms with van der Waals surface area (Å²) in [6.07, 6.45) is 5.54. The maximum absolute atomic E-state index is 12.1. The predicted octanol–water partition coefficient (Wildman–Crippen LogP) is 3.61. The number of hydrogen-bond acceptors (Lipinski definition) is 2. The van der Waals surface area contributed by atoms with Crippen molar-refractivity contribution < 1.29 is 4.79 Å². The van der Waals surface area contributed by atoms with Crippen LogP contribution in [0.3, 0.4) is 0 Å². The van der Waals surface area contributed by atoms with Crippen LogP contribution in [0.25, 0.3) is 0 Å². The smallest absolute Gasteiger partial charge is 0.261 e. The van der Waals surface area contributed by atoms with Crippen molar-refractivity contribution in [2.24, 2.45) is 17.8 Å². The molecule has 18 heavy (non-hydrogen) atoms. The first kappa shape index (κ1) is 12.2. The Hall–Kier alpha value is -0.830. The summed E-state index contributed by atoms with van der Waals surface area (Å²) in [5.74, 6) is 2.65. The lowest BCUT2D eigenvalue weighted by molar-refractivity contribution is 0.0919. The summed E-state index contributed by atoms with van der Waals surface area (Å²) < 4.78 is 0. The number of carbonyl (C=O) groups is 1. The number of carbonyl (C=O) groups excluding carboxylic acids is 1. The van der Waals surface area contributed by atoms with Gasteiger partial charge in [0.1, 0.15) is 0 Å². The van der Waals surface area contributed by atoms with Crippen molar-refractivity contribution in [3.63, 3.8) is 0 Å². The SMILES string of the molecule is Cc1ccc(C(=O)N[C@H](C)[C@@H]2C[C@H]3CC[C@H]2C3)s1. The first-order valence-corrected chi connectivity index (χ1v) is 7.82. The minimum absolute atomic E-state index is 0.114. The van der Waals surface area contributed by atoms with E-state index in [0.29, 0.717) is 12.0 Å². The molecule has 0 spiro atoms. The number of thiophene rings is 1. The molecule has 2 aliphatic rings. The van der Waals surface area contributed by atoms with Gasteiger partial charge in [-0.2, -0.15) is 0 Å². The molecule has 2 aliphatic carbocycles. The van der Waals surface area contributed by atoms with E-state index in [-0.39, 0.29) is 5.91 Å². The average Bonchev–Trinajstić information content (AvgIpc) is 3.03. The van der Waals surface area contributed by atoms with Crippen molar-refractivity contribution in [3.05, 3.63) is 21.9 Å². The maximum atomic E-state index is 12.1. The molecule has 0 radical (unpaired) electrons. The molecule has 3 heteroatoms. The van der Waals surface area contributed by atoms with E-state index in [0.717, 1.165) is 16.7 Å². The van der Waals surface area contributed by atoms with E-state index >= 15 is 0 Å². The topological polar surface area (TPSA) is 29.1 Å². The third-order valence-corrected chi connectivity index (χ3v) is 5.76. The van der Waals surface area contributed by atoms with Gasteiger partial charge in [0.25, 0.3) is 5.91 Å². The van der Waals surface area contributed by atoms with E-state index in [1.54, 1.807) is 11.3 Å². The molecule has 1 N–H and O–H groups in total. The summed E-state index contributed by atoms with van der Waals surface area (Å²) in [5, 5.41) is 3.21. The standard InChI is InChI=1S/C15H21NOS/c1-9-3-6-14(18-9)15(17)16-10(2)13-8-11-4-5-12(13)7-11/h3,6,10-13H,4-5,7-8H2,1-2H3,(H,16,17)/t10-,11+,12+,13+/m1/s1. The Labute approximate surface area is 113 Å². The van der Waals surface area contributed by atoms with Crippen molar-refractivity contribution in [2.45, 2.75) is 45.6 Å². The Morgan fingerprint density at radius 2 is 2.22 bits per heavy atom. The fraction of sp³-hybridized carbons (Fsp3) is 0.667. The zero-order valence-electron chi connectivity index (χ0n) is 11.1. The average molecular weight is 263 g/mol. The lowest BCUT2D eigenvalue weighted by Crippen LogP contribution is -2.39. The van der Waals surface area contributed by atoms with Crippen molar-refractivity contribution in [3.8, 4) is 0 Å². The number of nitrogens with one attached hydrogen (secondary N) is 1. The van der Waals surface area contributed by atoms with Crippen LogP contribution in [0.5, 0.6) is 0 Å². The summed E-state index contributed by atoms with van der Waals surface area (Å²) in [7, 11) is 0. The fourth-order valence-corrected chi connectivity index (χ4v) is 4.62. The highest BCUT2D eigenvalue weighted by Crippen LogP contribution is 2.49. The van der Waals surface area contributed by atoms with Crippen LogP contribution >= 0.6 is 11.3 Å². The van der Waals surface area contributed by atoms with Gasteiger partial charge in [0, 0.05) is 10.9 Å². The van der Waals surface area contributed by atoms with Gasteiger partial charge < -0.3 is 5.32 Å². The first-order chi connectivity index (χ1) is 8.63. The number of rotatable bonds is 3. The van der Waals surface area contributed by atoms with Crippen LogP contribution in [-0.2, 0) is 0 Å². The van der Waals surface area contributed by atoms with Crippen LogP contribution in [0.1, 0.15) is 47.2 Å². The van der Waals surface area contributed by atoms with Crippen LogP contribution in [0, 0.1) is 24.7 Å². The summed E-state index contributed by atoms with van der Waals surface area (Å²) in [6.45, 7) is 4.23. The van der Waals surface area contributed by atoms with Crippen molar-refractivity contribution in [1.82, 2.24) is 5.32 Å². The van der Waals surface area contributed by atoms with Crippen LogP contribution in [-0.4, -0.2) is 11.9 Å². The molecule has 0 aromatic carbocycles. The van der Waals surface area contributed by atoms with Gasteiger partial charge in [0.05, 0.1) is 4.88 Å². The number of fused-ring (bicyclic) bond motifs is 2. The molecule has 0 unspecified atom stereocenters. The molecule has 1 amide bonds. The summed E-state index contributed by atoms with van der Waals surface area (Å²) >= 11 is 1.58. The second-order valence-corrected chi connectivity index (χ2v) is 7.30. The van der Waals surface area contributed by atoms with E-state index in [9.17, 15) is 4.79 Å². The minimum Gasteiger partial charge on any atom is -0.349 e. The molecule has 3 rings (SSSR count). The Bertz CT molecular complexity index is 453. The second kappa shape index (κ2) is 4.69. The van der Waals surface area contributed by atoms with Gasteiger partial charge >= 0.3 is 0 Å². The van der Waals surface area contributed by atoms with Crippen molar-refractivity contribution in [2.75, 3.05) is 0 Å². The fourth-order valence-electron chi connectivity index (χ4n) is 3.85. The molecule has 1 aromatic heterocycles. The molecule has 2 nitrogen and oxygen atoms in total. The Morgan fingerprint density at radius 3 is 2.78 bits per heavy atom. The maximum Gasteiger partial charge on any atom is 0.261 e. The van der Waals surface area contributed by atoms with Gasteiger partial charge in [-0.25, -0.2) is 0 Å². The van der Waals surface area contributed by atoms with Gasteiger partial charge in [-0.3, -0.25) is 4.79 Å². The second-order valence-electron chi connectivity index (χ2n) is 6.01. The quantitative estimate of drug-likeness (QED) is 0.887. The van der Waals surface area contributed by atoms with Crippen molar-refractivity contribution >= 4 is 17.2 Å². The summed E-state index contributed by atoms with van der Waals surface area (Å²) in [4.78, 5) is 14.2. The number of amides is 1. The van der Waals surface area contributed by atoms with Gasteiger partial charge in [0.2, 0.25) is 0 Å². The Balaban J connectivity index is 1.61. The van der Waals surface area contributed by atoms with E-state index in [1.165, 1.54) is 30.6 Å². The summed E-state index contributed by atoms with van der Waals surface area (Å²) in [5.41, 5.74) is 0. The number of aryl methyl sites for hydroxylation is 1. The lowest BCUT2D eigenvalue weighted by Gasteiger charge is -2.28. The largest absolute Gasteiger partial charge is 0.349 e. The van der Waals surface area contributed by atoms with Crippen molar-refractivity contribution in [1.29, 1.82) is 0 Å². The third kappa shape index (κ3) is 2.20. The lowest BCUT2D eigenvalue weighted by atomic mass is 9.84. The highest BCUT2D eigenvalue weighted by Gasteiger charge is 2.42. The molecular formula is C15H21NOS. The molecule has 0 aliphatic heterocycles. The minimum atomic E-state index is 0.114. The molecule has 2 saturated carbocycles. The Kier molecular flexibility index (Phi) is 3.18. The van der Waals surface area contributed by atoms with Gasteiger partial charge in [-0.15, -0.1) is 11.3 Å². The van der Waals surface area contributed by atoms with Gasteiger partial charge in [-0.1, -0.05) is 6.42 Å². The monoisotopic (exact) mass is 263 g/mol. The number of hydrogen-bond donors (Lipinski definition) is 1. The summed E-state index contributed by atoms with van der Waals surface area (Å²) in [6, 6.07) is 4.28. The molecule has 1 aromatic rings. The highest BCUT2D eigenvalue weighted by atomic mass is 32.1. The molecule has 2 bridgehead atoms. The molecule has 0 saturated heterocycles. The van der Waals surface area contributed by atoms with Crippen LogP contribution in [0.2, 0.25) is 0 Å². The molecule has 98 valence electrons. The Morgan fingerprint density at radius 1 is 1.39 bits per heavy atom. The molecular weight excluding hydrogens is 242 g/mol. The zero-order valence-corrected chi connectivity index (χ0v) is 11.9. The van der Waals surface area contributed by atoms with Gasteiger partial charge in [0.15, 0.2) is 0 Å². The van der Waals surface area contributed by atoms with E-state index < -0.39 is 0 Å². The molecule has 1 heterocycles. The molecule has 4 atom stereocenters. The third-order valence-electron chi connectivity index (χ3n) is 4.76. The normalized spacial score (nSPS) is 31.6. The molecule has 2 fully saturated rings. The van der Waals surface area contributed by atoms with Crippen LogP contribution in [0.4, 0.5) is 0 Å². The van der Waals surface area contributed by atoms with Gasteiger partial charge in [-0.05, 0) is 63.0 Å². The van der Waals surface area contributed by atoms with E-state index in [4.69, 9.17) is 0 Å². The highest BCUT2D eigenvalue weighted by molar-refractivity contribution is 7.13. The van der Waals surface area contributed by atoms with E-state index in [1.807, 2.05) is 19.1 Å². The van der Waals surface area contributed by atoms with E-state index in [2.05, 4.69) is 12.2 Å². The first-order valence-electron chi connectivity index (χ1n) is 7.01.